The first-order valence-corrected chi connectivity index (χ1v) is 9.68. The summed E-state index contributed by atoms with van der Waals surface area (Å²) in [6.07, 6.45) is 0. The Hall–Kier alpha value is -1.52. The summed E-state index contributed by atoms with van der Waals surface area (Å²) in [7, 11) is -3.56. The first kappa shape index (κ1) is 18.8. The molecule has 0 aliphatic rings. The van der Waals surface area contributed by atoms with Gasteiger partial charge in [-0.25, -0.2) is 0 Å². The lowest BCUT2D eigenvalue weighted by molar-refractivity contribution is 0.213. The number of hydrogen-bond acceptors (Lipinski definition) is 5. The Labute approximate surface area is 147 Å². The van der Waals surface area contributed by atoms with Crippen molar-refractivity contribution in [3.63, 3.8) is 0 Å². The fourth-order valence-corrected chi connectivity index (χ4v) is 4.38. The molecule has 0 radical (unpaired) electrons. The number of halogens is 1. The van der Waals surface area contributed by atoms with Crippen LogP contribution in [0.4, 0.5) is 5.69 Å². The molecule has 1 unspecified atom stereocenters. The van der Waals surface area contributed by atoms with Gasteiger partial charge < -0.3 is 19.5 Å². The van der Waals surface area contributed by atoms with E-state index in [1.54, 1.807) is 56.3 Å². The van der Waals surface area contributed by atoms with Crippen molar-refractivity contribution in [1.29, 1.82) is 0 Å². The van der Waals surface area contributed by atoms with Crippen LogP contribution in [0.3, 0.4) is 0 Å². The zero-order valence-electron chi connectivity index (χ0n) is 13.6. The van der Waals surface area contributed by atoms with E-state index in [0.717, 1.165) is 0 Å². The predicted octanol–water partition coefficient (Wildman–Crippen LogP) is 5.42. The van der Waals surface area contributed by atoms with Crippen molar-refractivity contribution < 1.29 is 18.7 Å². The average molecular weight is 370 g/mol. The maximum Gasteiger partial charge on any atom is 0.357 e. The summed E-state index contributed by atoms with van der Waals surface area (Å²) in [5, 5.41) is 13.9. The summed E-state index contributed by atoms with van der Waals surface area (Å²) >= 11 is 5.91. The van der Waals surface area contributed by atoms with Crippen LogP contribution in [-0.2, 0) is 13.6 Å². The van der Waals surface area contributed by atoms with Gasteiger partial charge in [-0.1, -0.05) is 29.8 Å². The van der Waals surface area contributed by atoms with Gasteiger partial charge in [0.05, 0.1) is 13.2 Å². The normalized spacial score (nSPS) is 12.8. The van der Waals surface area contributed by atoms with Gasteiger partial charge in [0.1, 0.15) is 5.75 Å². The Balaban J connectivity index is 2.46. The highest BCUT2D eigenvalue weighted by Crippen LogP contribution is 2.61. The second-order valence-corrected chi connectivity index (χ2v) is 7.54. The average Bonchev–Trinajstić information content (AvgIpc) is 2.55. The SMILES string of the molecule is CCOP(=O)(OCC)C(Nc1ccc(Cl)cc1)c1ccccc1O. The molecule has 2 aromatic rings. The molecule has 0 fully saturated rings. The maximum absolute atomic E-state index is 13.3. The molecular weight excluding hydrogens is 349 g/mol. The van der Waals surface area contributed by atoms with Gasteiger partial charge in [0.25, 0.3) is 0 Å². The van der Waals surface area contributed by atoms with Crippen LogP contribution in [0.2, 0.25) is 5.02 Å². The summed E-state index contributed by atoms with van der Waals surface area (Å²) in [6.45, 7) is 3.94. The molecule has 5 nitrogen and oxygen atoms in total. The Morgan fingerprint density at radius 1 is 1.08 bits per heavy atom. The van der Waals surface area contributed by atoms with Crippen molar-refractivity contribution in [3.05, 3.63) is 59.1 Å². The molecule has 1 atom stereocenters. The lowest BCUT2D eigenvalue weighted by atomic mass is 10.2. The number of benzene rings is 2. The van der Waals surface area contributed by atoms with Crippen molar-refractivity contribution in [3.8, 4) is 5.75 Å². The maximum atomic E-state index is 13.3. The number of anilines is 1. The molecule has 0 aromatic heterocycles. The summed E-state index contributed by atoms with van der Waals surface area (Å²) in [4.78, 5) is 0. The quantitative estimate of drug-likeness (QED) is 0.608. The monoisotopic (exact) mass is 369 g/mol. The van der Waals surface area contributed by atoms with Crippen LogP contribution >= 0.6 is 19.2 Å². The molecule has 0 aliphatic heterocycles. The van der Waals surface area contributed by atoms with Gasteiger partial charge in [-0.05, 0) is 44.2 Å². The summed E-state index contributed by atoms with van der Waals surface area (Å²) in [6, 6.07) is 13.6. The second kappa shape index (κ2) is 8.54. The number of aromatic hydroxyl groups is 1. The molecule has 0 saturated heterocycles. The largest absolute Gasteiger partial charge is 0.508 e. The number of rotatable bonds is 8. The van der Waals surface area contributed by atoms with Crippen LogP contribution in [0, 0.1) is 0 Å². The first-order chi connectivity index (χ1) is 11.5. The number of para-hydroxylation sites is 1. The van der Waals surface area contributed by atoms with Crippen molar-refractivity contribution in [2.24, 2.45) is 0 Å². The third-order valence-electron chi connectivity index (χ3n) is 3.31. The molecule has 0 aliphatic carbocycles. The number of phenols is 1. The molecule has 2 rings (SSSR count). The molecule has 7 heteroatoms. The van der Waals surface area contributed by atoms with Crippen molar-refractivity contribution in [2.75, 3.05) is 18.5 Å². The lowest BCUT2D eigenvalue weighted by Gasteiger charge is -2.28. The van der Waals surface area contributed by atoms with Crippen LogP contribution in [0.15, 0.2) is 48.5 Å². The fraction of sp³-hybridized carbons (Fsp3) is 0.294. The molecule has 0 spiro atoms. The van der Waals surface area contributed by atoms with E-state index >= 15 is 0 Å². The van der Waals surface area contributed by atoms with Gasteiger partial charge in [-0.15, -0.1) is 0 Å². The van der Waals surface area contributed by atoms with Gasteiger partial charge in [0, 0.05) is 16.3 Å². The lowest BCUT2D eigenvalue weighted by Crippen LogP contribution is -2.15. The van der Waals surface area contributed by atoms with Gasteiger partial charge in [0.15, 0.2) is 5.78 Å². The van der Waals surface area contributed by atoms with E-state index in [0.29, 0.717) is 16.3 Å². The number of nitrogens with one attached hydrogen (secondary N) is 1. The topological polar surface area (TPSA) is 67.8 Å². The molecule has 0 heterocycles. The fourth-order valence-electron chi connectivity index (χ4n) is 2.30. The molecule has 0 bridgehead atoms. The third-order valence-corrected chi connectivity index (χ3v) is 5.84. The van der Waals surface area contributed by atoms with E-state index < -0.39 is 13.4 Å². The molecule has 24 heavy (non-hydrogen) atoms. The van der Waals surface area contributed by atoms with Crippen LogP contribution in [-0.4, -0.2) is 18.3 Å². The van der Waals surface area contributed by atoms with Gasteiger partial charge in [-0.3, -0.25) is 4.57 Å². The minimum absolute atomic E-state index is 0.0172. The van der Waals surface area contributed by atoms with Crippen molar-refractivity contribution in [2.45, 2.75) is 19.6 Å². The van der Waals surface area contributed by atoms with Gasteiger partial charge >= 0.3 is 7.60 Å². The van der Waals surface area contributed by atoms with E-state index in [-0.39, 0.29) is 19.0 Å². The smallest absolute Gasteiger partial charge is 0.357 e. The predicted molar refractivity (Wildman–Crippen MR) is 96.8 cm³/mol. The van der Waals surface area contributed by atoms with Crippen molar-refractivity contribution in [1.82, 2.24) is 0 Å². The van der Waals surface area contributed by atoms with E-state index in [2.05, 4.69) is 5.32 Å². The molecule has 2 N–H and O–H groups in total. The van der Waals surface area contributed by atoms with E-state index in [9.17, 15) is 9.67 Å². The highest BCUT2D eigenvalue weighted by molar-refractivity contribution is 7.54. The van der Waals surface area contributed by atoms with Crippen molar-refractivity contribution >= 4 is 24.9 Å². The Morgan fingerprint density at radius 2 is 1.67 bits per heavy atom. The zero-order valence-corrected chi connectivity index (χ0v) is 15.3. The Bertz CT molecular complexity index is 698. The van der Waals surface area contributed by atoms with Crippen LogP contribution in [0.5, 0.6) is 5.75 Å². The molecule has 2 aromatic carbocycles. The third kappa shape index (κ3) is 4.52. The standard InChI is InChI=1S/C17H21ClNO4P/c1-3-22-24(21,23-4-2)17(15-7-5-6-8-16(15)20)19-14-11-9-13(18)10-12-14/h5-12,17,19-20H,3-4H2,1-2H3. The van der Waals surface area contributed by atoms with E-state index in [1.165, 1.54) is 6.07 Å². The first-order valence-electron chi connectivity index (χ1n) is 7.69. The highest BCUT2D eigenvalue weighted by Gasteiger charge is 2.38. The second-order valence-electron chi connectivity index (χ2n) is 4.99. The zero-order chi connectivity index (χ0) is 17.6. The van der Waals surface area contributed by atoms with Crippen LogP contribution < -0.4 is 5.32 Å². The van der Waals surface area contributed by atoms with Crippen LogP contribution in [0.25, 0.3) is 0 Å². The Kier molecular flexibility index (Phi) is 6.69. The van der Waals surface area contributed by atoms with Gasteiger partial charge in [0.2, 0.25) is 0 Å². The van der Waals surface area contributed by atoms with E-state index in [4.69, 9.17) is 20.6 Å². The summed E-state index contributed by atoms with van der Waals surface area (Å²) in [5.41, 5.74) is 1.13. The minimum Gasteiger partial charge on any atom is -0.508 e. The molecular formula is C17H21ClNO4P. The minimum atomic E-state index is -3.56. The summed E-state index contributed by atoms with van der Waals surface area (Å²) < 4.78 is 24.2. The molecule has 130 valence electrons. The molecule has 0 saturated carbocycles. The number of phenolic OH excluding ortho intramolecular Hbond substituents is 1. The Morgan fingerprint density at radius 3 is 2.21 bits per heavy atom. The highest BCUT2D eigenvalue weighted by atomic mass is 35.5. The van der Waals surface area contributed by atoms with E-state index in [1.807, 2.05) is 0 Å². The van der Waals surface area contributed by atoms with Gasteiger partial charge in [-0.2, -0.15) is 0 Å². The molecule has 0 amide bonds. The number of hydrogen-bond donors (Lipinski definition) is 2. The summed E-state index contributed by atoms with van der Waals surface area (Å²) in [5.74, 6) is -0.830. The van der Waals surface area contributed by atoms with Crippen LogP contribution in [0.1, 0.15) is 25.2 Å².